The van der Waals surface area contributed by atoms with Crippen LogP contribution in [0.1, 0.15) is 31.5 Å². The van der Waals surface area contributed by atoms with Gasteiger partial charge in [-0.15, -0.1) is 0 Å². The molecule has 0 radical (unpaired) electrons. The van der Waals surface area contributed by atoms with E-state index in [0.717, 1.165) is 38.2 Å². The molecule has 36 heavy (non-hydrogen) atoms. The van der Waals surface area contributed by atoms with E-state index in [0.29, 0.717) is 37.4 Å². The molecule has 0 aliphatic heterocycles. The highest BCUT2D eigenvalue weighted by atomic mass is 79.9. The fourth-order valence-corrected chi connectivity index (χ4v) is 4.14. The number of hydrogen-bond donors (Lipinski definition) is 0. The Labute approximate surface area is 222 Å². The summed E-state index contributed by atoms with van der Waals surface area (Å²) in [4.78, 5) is 19.6. The highest BCUT2D eigenvalue weighted by Gasteiger charge is 2.26. The van der Waals surface area contributed by atoms with Crippen LogP contribution in [-0.2, 0) is 16.0 Å². The molecule has 0 atom stereocenters. The predicted octanol–water partition coefficient (Wildman–Crippen LogP) is 6.69. The van der Waals surface area contributed by atoms with Crippen LogP contribution in [0.4, 0.5) is 0 Å². The van der Waals surface area contributed by atoms with E-state index >= 15 is 0 Å². The van der Waals surface area contributed by atoms with Crippen molar-refractivity contribution in [1.82, 2.24) is 9.88 Å². The minimum absolute atomic E-state index is 0.131. The molecule has 0 saturated carbocycles. The van der Waals surface area contributed by atoms with Crippen molar-refractivity contribution in [1.29, 1.82) is 0 Å². The summed E-state index contributed by atoms with van der Waals surface area (Å²) in [6.45, 7) is 9.04. The molecule has 1 amide bonds. The second kappa shape index (κ2) is 13.1. The van der Waals surface area contributed by atoms with Gasteiger partial charge in [0.1, 0.15) is 11.5 Å². The van der Waals surface area contributed by atoms with Crippen molar-refractivity contribution in [3.05, 3.63) is 112 Å². The molecule has 0 spiro atoms. The number of pyridine rings is 1. The maximum atomic E-state index is 13.4. The summed E-state index contributed by atoms with van der Waals surface area (Å²) in [6, 6.07) is 11.9. The fraction of sp³-hybridized carbons (Fsp3) is 0.267. The summed E-state index contributed by atoms with van der Waals surface area (Å²) in [7, 11) is 3.49. The van der Waals surface area contributed by atoms with Crippen LogP contribution in [0.3, 0.4) is 0 Å². The Balaban J connectivity index is 2.00. The number of carbonyl (C=O) groups is 1. The second-order valence-electron chi connectivity index (χ2n) is 8.47. The predicted molar refractivity (Wildman–Crippen MR) is 150 cm³/mol. The maximum Gasteiger partial charge on any atom is 0.257 e. The van der Waals surface area contributed by atoms with Crippen molar-refractivity contribution < 1.29 is 14.3 Å². The zero-order valence-corrected chi connectivity index (χ0v) is 23.0. The van der Waals surface area contributed by atoms with Gasteiger partial charge in [-0.25, -0.2) is 0 Å². The number of likely N-dealkylation sites (N-methyl/N-ethyl adjacent to an activating group) is 1. The molecule has 0 bridgehead atoms. The van der Waals surface area contributed by atoms with Gasteiger partial charge in [0.05, 0.1) is 24.5 Å². The van der Waals surface area contributed by atoms with Crippen molar-refractivity contribution in [2.45, 2.75) is 26.7 Å². The zero-order valence-electron chi connectivity index (χ0n) is 21.4. The van der Waals surface area contributed by atoms with E-state index < -0.39 is 0 Å². The number of nitrogens with zero attached hydrogens (tertiary/aromatic N) is 2. The first-order valence-electron chi connectivity index (χ1n) is 12.0. The number of amides is 1. The summed E-state index contributed by atoms with van der Waals surface area (Å²) in [5.74, 6) is 1.31. The lowest BCUT2D eigenvalue weighted by molar-refractivity contribution is -0.124. The second-order valence-corrected chi connectivity index (χ2v) is 9.38. The van der Waals surface area contributed by atoms with Crippen molar-refractivity contribution in [3.8, 4) is 5.75 Å². The van der Waals surface area contributed by atoms with Crippen molar-refractivity contribution >= 4 is 27.4 Å². The van der Waals surface area contributed by atoms with Gasteiger partial charge in [-0.05, 0) is 76.8 Å². The van der Waals surface area contributed by atoms with Gasteiger partial charge in [0.25, 0.3) is 5.91 Å². The van der Waals surface area contributed by atoms with Gasteiger partial charge in [-0.3, -0.25) is 9.78 Å². The minimum atomic E-state index is -0.131. The maximum absolute atomic E-state index is 13.4. The average Bonchev–Trinajstić information content (AvgIpc) is 3.02. The summed E-state index contributed by atoms with van der Waals surface area (Å²) in [6.07, 6.45) is 10.7. The summed E-state index contributed by atoms with van der Waals surface area (Å²) < 4.78 is 12.8. The molecular weight excluding hydrogens is 516 g/mol. The number of benzene rings is 1. The van der Waals surface area contributed by atoms with E-state index in [-0.39, 0.29) is 5.91 Å². The van der Waals surface area contributed by atoms with Crippen LogP contribution in [0.15, 0.2) is 100 Å². The highest BCUT2D eigenvalue weighted by Crippen LogP contribution is 2.35. The fourth-order valence-electron chi connectivity index (χ4n) is 3.91. The zero-order chi connectivity index (χ0) is 26.1. The van der Waals surface area contributed by atoms with E-state index in [9.17, 15) is 4.79 Å². The molecule has 1 aromatic carbocycles. The molecule has 0 saturated heterocycles. The lowest BCUT2D eigenvalue weighted by Crippen LogP contribution is -2.25. The molecule has 5 nitrogen and oxygen atoms in total. The van der Waals surface area contributed by atoms with Gasteiger partial charge in [0.2, 0.25) is 0 Å². The number of hydrogen-bond acceptors (Lipinski definition) is 4. The minimum Gasteiger partial charge on any atom is -0.494 e. The molecule has 1 aromatic heterocycles. The average molecular weight is 550 g/mol. The first-order valence-corrected chi connectivity index (χ1v) is 12.8. The van der Waals surface area contributed by atoms with Crippen LogP contribution in [0.25, 0.3) is 5.57 Å². The Morgan fingerprint density at radius 1 is 1.14 bits per heavy atom. The Kier molecular flexibility index (Phi) is 9.88. The quantitative estimate of drug-likeness (QED) is 0.332. The molecule has 2 aromatic rings. The topological polar surface area (TPSA) is 51.7 Å². The van der Waals surface area contributed by atoms with Gasteiger partial charge in [0.15, 0.2) is 0 Å². The normalized spacial score (nSPS) is 14.0. The van der Waals surface area contributed by atoms with Crippen molar-refractivity contribution in [3.63, 3.8) is 0 Å². The summed E-state index contributed by atoms with van der Waals surface area (Å²) in [5, 5.41) is 0. The van der Waals surface area contributed by atoms with E-state index in [1.54, 1.807) is 25.2 Å². The number of halogens is 1. The number of ether oxygens (including phenoxy) is 2. The first-order chi connectivity index (χ1) is 17.4. The molecule has 0 unspecified atom stereocenters. The van der Waals surface area contributed by atoms with Crippen molar-refractivity contribution in [2.75, 3.05) is 27.3 Å². The number of aromatic nitrogens is 1. The highest BCUT2D eigenvalue weighted by molar-refractivity contribution is 9.10. The monoisotopic (exact) mass is 548 g/mol. The Bertz CT molecular complexity index is 1200. The van der Waals surface area contributed by atoms with Gasteiger partial charge in [0, 0.05) is 43.2 Å². The first kappa shape index (κ1) is 27.2. The van der Waals surface area contributed by atoms with Gasteiger partial charge in [-0.1, -0.05) is 36.9 Å². The van der Waals surface area contributed by atoms with Crippen LogP contribution in [0.2, 0.25) is 0 Å². The van der Waals surface area contributed by atoms with Crippen LogP contribution >= 0.6 is 15.9 Å². The Morgan fingerprint density at radius 3 is 2.47 bits per heavy atom. The van der Waals surface area contributed by atoms with Gasteiger partial charge < -0.3 is 14.4 Å². The molecule has 6 heteroatoms. The lowest BCUT2D eigenvalue weighted by Gasteiger charge is -2.19. The summed E-state index contributed by atoms with van der Waals surface area (Å²) in [5.41, 5.74) is 5.16. The van der Waals surface area contributed by atoms with Crippen molar-refractivity contribution in [2.24, 2.45) is 0 Å². The van der Waals surface area contributed by atoms with Crippen LogP contribution in [-0.4, -0.2) is 43.1 Å². The smallest absolute Gasteiger partial charge is 0.257 e. The van der Waals surface area contributed by atoms with Gasteiger partial charge >= 0.3 is 0 Å². The third-order valence-electron chi connectivity index (χ3n) is 5.68. The molecule has 0 fully saturated rings. The SMILES string of the molecule is C=CC1=C(c2ccc(Br)cn2)C=C(C(=O)N(C)C)C(OCCc2ccc(OCC)cc2)=C(/C=C\C)C1. The van der Waals surface area contributed by atoms with Crippen LogP contribution in [0.5, 0.6) is 5.75 Å². The molecule has 1 aliphatic rings. The van der Waals surface area contributed by atoms with Gasteiger partial charge in [-0.2, -0.15) is 0 Å². The molecule has 0 N–H and O–H groups in total. The van der Waals surface area contributed by atoms with E-state index in [2.05, 4.69) is 27.5 Å². The van der Waals surface area contributed by atoms with Crippen LogP contribution < -0.4 is 4.74 Å². The lowest BCUT2D eigenvalue weighted by atomic mass is 9.99. The largest absolute Gasteiger partial charge is 0.494 e. The Morgan fingerprint density at radius 2 is 1.89 bits per heavy atom. The molecule has 3 rings (SSSR count). The van der Waals surface area contributed by atoms with E-state index in [1.807, 2.05) is 74.5 Å². The standard InChI is InChI=1S/C30H33BrN2O3/c1-6-9-23-18-22(7-2)26(28-15-12-24(31)20-32-28)19-27(30(34)33(4)5)29(23)36-17-16-21-10-13-25(14-11-21)35-8-3/h6-7,9-15,19-20H,2,8,16-18H2,1,3-5H3/b9-6-. The third kappa shape index (κ3) is 6.85. The molecule has 1 heterocycles. The van der Waals surface area contributed by atoms with E-state index in [1.165, 1.54) is 0 Å². The van der Waals surface area contributed by atoms with E-state index in [4.69, 9.17) is 9.47 Å². The number of carbonyl (C=O) groups excluding carboxylic acids is 1. The molecule has 188 valence electrons. The number of allylic oxidation sites excluding steroid dienone is 7. The Hall–Kier alpha value is -3.38. The molecular formula is C30H33BrN2O3. The number of rotatable bonds is 10. The molecule has 1 aliphatic carbocycles. The third-order valence-corrected chi connectivity index (χ3v) is 6.15. The summed E-state index contributed by atoms with van der Waals surface area (Å²) >= 11 is 3.45. The van der Waals surface area contributed by atoms with Crippen LogP contribution in [0, 0.1) is 0 Å².